The molecule has 3 aromatic rings. The fourth-order valence-corrected chi connectivity index (χ4v) is 3.78. The smallest absolute Gasteiger partial charge is 0.239 e. The Morgan fingerprint density at radius 2 is 1.87 bits per heavy atom. The van der Waals surface area contributed by atoms with Gasteiger partial charge in [-0.15, -0.1) is 5.10 Å². The molecule has 30 heavy (non-hydrogen) atoms. The third-order valence-electron chi connectivity index (χ3n) is 4.32. The highest BCUT2D eigenvalue weighted by molar-refractivity contribution is 7.20. The molecule has 0 fully saturated rings. The first kappa shape index (κ1) is 22.0. The summed E-state index contributed by atoms with van der Waals surface area (Å²) in [5.41, 5.74) is 1.76. The molecule has 2 N–H and O–H groups in total. The topological polar surface area (TPSA) is 77.8 Å². The van der Waals surface area contributed by atoms with E-state index in [0.717, 1.165) is 33.7 Å². The molecule has 1 aromatic carbocycles. The Hall–Kier alpha value is -2.65. The third kappa shape index (κ3) is 5.48. The predicted octanol–water partition coefficient (Wildman–Crippen LogP) is 2.78. The molecule has 0 aliphatic carbocycles. The lowest BCUT2D eigenvalue weighted by molar-refractivity contribution is -0.119. The highest BCUT2D eigenvalue weighted by Gasteiger charge is 2.23. The lowest BCUT2D eigenvalue weighted by Crippen LogP contribution is -2.38. The number of benzene rings is 1. The molecule has 0 saturated carbocycles. The summed E-state index contributed by atoms with van der Waals surface area (Å²) in [4.78, 5) is 21.7. The third-order valence-corrected chi connectivity index (χ3v) is 5.34. The van der Waals surface area contributed by atoms with Crippen LogP contribution < -0.4 is 15.5 Å². The first-order chi connectivity index (χ1) is 14.1. The number of nitrogens with zero attached hydrogens (tertiary/aromatic N) is 5. The summed E-state index contributed by atoms with van der Waals surface area (Å²) in [7, 11) is 5.84. The van der Waals surface area contributed by atoms with Crippen molar-refractivity contribution in [3.63, 3.8) is 0 Å². The summed E-state index contributed by atoms with van der Waals surface area (Å²) in [5, 5.41) is 12.0. The first-order valence-corrected chi connectivity index (χ1v) is 10.8. The fourth-order valence-electron chi connectivity index (χ4n) is 2.92. The summed E-state index contributed by atoms with van der Waals surface area (Å²) in [5.74, 6) is 0.834. The van der Waals surface area contributed by atoms with Gasteiger partial charge in [0.05, 0.1) is 6.54 Å². The van der Waals surface area contributed by atoms with Crippen LogP contribution in [0.15, 0.2) is 30.3 Å². The van der Waals surface area contributed by atoms with E-state index in [1.54, 1.807) is 0 Å². The van der Waals surface area contributed by atoms with E-state index in [0.29, 0.717) is 6.54 Å². The van der Waals surface area contributed by atoms with Crippen LogP contribution in [0.5, 0.6) is 0 Å². The Morgan fingerprint density at radius 3 is 2.50 bits per heavy atom. The summed E-state index contributed by atoms with van der Waals surface area (Å²) < 4.78 is 1.84. The van der Waals surface area contributed by atoms with Crippen molar-refractivity contribution in [3.8, 4) is 11.3 Å². The molecule has 9 heteroatoms. The van der Waals surface area contributed by atoms with E-state index in [-0.39, 0.29) is 18.0 Å². The van der Waals surface area contributed by atoms with E-state index in [9.17, 15) is 4.79 Å². The van der Waals surface area contributed by atoms with Gasteiger partial charge in [0.25, 0.3) is 0 Å². The van der Waals surface area contributed by atoms with Crippen LogP contribution in [0.25, 0.3) is 16.2 Å². The molecule has 3 rings (SSSR count). The van der Waals surface area contributed by atoms with Gasteiger partial charge in [0.2, 0.25) is 16.0 Å². The molecule has 0 aliphatic rings. The molecular weight excluding hydrogens is 398 g/mol. The largest absolute Gasteiger partial charge is 0.364 e. The van der Waals surface area contributed by atoms with Crippen LogP contribution in [0.4, 0.5) is 10.9 Å². The van der Waals surface area contributed by atoms with Crippen LogP contribution >= 0.6 is 11.3 Å². The molecule has 0 bridgehead atoms. The van der Waals surface area contributed by atoms with E-state index in [1.807, 2.05) is 65.8 Å². The van der Waals surface area contributed by atoms with Gasteiger partial charge in [-0.1, -0.05) is 41.7 Å². The minimum Gasteiger partial charge on any atom is -0.364 e. The quantitative estimate of drug-likeness (QED) is 0.573. The normalized spacial score (nSPS) is 11.8. The minimum absolute atomic E-state index is 0.0230. The van der Waals surface area contributed by atoms with Crippen molar-refractivity contribution >= 4 is 33.2 Å². The van der Waals surface area contributed by atoms with E-state index >= 15 is 0 Å². The Kier molecular flexibility index (Phi) is 6.62. The Morgan fingerprint density at radius 1 is 1.17 bits per heavy atom. The van der Waals surface area contributed by atoms with Crippen molar-refractivity contribution in [2.75, 3.05) is 51.0 Å². The number of amides is 1. The first-order valence-electron chi connectivity index (χ1n) is 10.00. The summed E-state index contributed by atoms with van der Waals surface area (Å²) >= 11 is 1.47. The number of imidazole rings is 1. The van der Waals surface area contributed by atoms with Gasteiger partial charge in [-0.2, -0.15) is 4.52 Å². The average Bonchev–Trinajstić information content (AvgIpc) is 3.20. The van der Waals surface area contributed by atoms with Crippen LogP contribution in [-0.2, 0) is 4.79 Å². The molecule has 0 spiro atoms. The van der Waals surface area contributed by atoms with Crippen LogP contribution in [0.3, 0.4) is 0 Å². The fraction of sp³-hybridized carbons (Fsp3) is 0.476. The number of hydrogen-bond donors (Lipinski definition) is 2. The second-order valence-corrected chi connectivity index (χ2v) is 9.57. The van der Waals surface area contributed by atoms with E-state index in [4.69, 9.17) is 10.1 Å². The Labute approximate surface area is 181 Å². The minimum atomic E-state index is -0.151. The highest BCUT2D eigenvalue weighted by Crippen LogP contribution is 2.34. The van der Waals surface area contributed by atoms with E-state index in [2.05, 4.69) is 31.4 Å². The summed E-state index contributed by atoms with van der Waals surface area (Å²) in [6.45, 7) is 8.01. The second-order valence-electron chi connectivity index (χ2n) is 8.64. The number of carbonyl (C=O) groups excluding carboxylic acids is 1. The zero-order valence-corrected chi connectivity index (χ0v) is 19.4. The molecule has 0 atom stereocenters. The molecule has 162 valence electrons. The van der Waals surface area contributed by atoms with Gasteiger partial charge >= 0.3 is 0 Å². The van der Waals surface area contributed by atoms with Crippen LogP contribution in [0.1, 0.15) is 20.8 Å². The number of anilines is 2. The predicted molar refractivity (Wildman–Crippen MR) is 125 cm³/mol. The number of likely N-dealkylation sites (N-methyl/N-ethyl adjacent to an activating group) is 2. The molecule has 2 aromatic heterocycles. The van der Waals surface area contributed by atoms with Crippen molar-refractivity contribution in [3.05, 3.63) is 30.3 Å². The number of nitrogens with one attached hydrogen (secondary N) is 2. The summed E-state index contributed by atoms with van der Waals surface area (Å²) in [6.07, 6.45) is 0. The molecule has 8 nitrogen and oxygen atoms in total. The van der Waals surface area contributed by atoms with Crippen molar-refractivity contribution in [2.24, 2.45) is 0 Å². The number of rotatable bonds is 8. The molecule has 0 radical (unpaired) electrons. The van der Waals surface area contributed by atoms with Crippen molar-refractivity contribution in [1.82, 2.24) is 24.8 Å². The van der Waals surface area contributed by atoms with Gasteiger partial charge in [-0.05, 0) is 34.9 Å². The lowest BCUT2D eigenvalue weighted by atomic mass is 10.1. The maximum absolute atomic E-state index is 12.2. The Balaban J connectivity index is 1.84. The number of aromatic nitrogens is 3. The number of carbonyl (C=O) groups is 1. The average molecular weight is 430 g/mol. The lowest BCUT2D eigenvalue weighted by Gasteiger charge is -2.22. The maximum atomic E-state index is 12.2. The monoisotopic (exact) mass is 429 g/mol. The van der Waals surface area contributed by atoms with Gasteiger partial charge in [-0.25, -0.2) is 4.98 Å². The van der Waals surface area contributed by atoms with Gasteiger partial charge < -0.3 is 20.4 Å². The molecule has 1 amide bonds. The van der Waals surface area contributed by atoms with E-state index in [1.165, 1.54) is 11.3 Å². The molecule has 2 heterocycles. The van der Waals surface area contributed by atoms with Gasteiger partial charge in [-0.3, -0.25) is 4.79 Å². The SMILES string of the molecule is CN(C)CCNC(=O)CN(C)c1nn2c(NC(C)(C)C)c(-c3ccccc3)nc2s1. The highest BCUT2D eigenvalue weighted by atomic mass is 32.1. The molecular formula is C21H31N7OS. The van der Waals surface area contributed by atoms with Crippen LogP contribution in [0.2, 0.25) is 0 Å². The zero-order chi connectivity index (χ0) is 21.9. The van der Waals surface area contributed by atoms with Gasteiger partial charge in [0.15, 0.2) is 5.82 Å². The second kappa shape index (κ2) is 9.01. The van der Waals surface area contributed by atoms with Gasteiger partial charge in [0.1, 0.15) is 5.69 Å². The Bertz CT molecular complexity index is 988. The van der Waals surface area contributed by atoms with Gasteiger partial charge in [0, 0.05) is 31.2 Å². The van der Waals surface area contributed by atoms with Crippen molar-refractivity contribution < 1.29 is 4.79 Å². The zero-order valence-electron chi connectivity index (χ0n) is 18.6. The molecule has 0 unspecified atom stereocenters. The number of hydrogen-bond acceptors (Lipinski definition) is 7. The number of fused-ring (bicyclic) bond motifs is 1. The molecule has 0 aliphatic heterocycles. The van der Waals surface area contributed by atoms with Crippen LogP contribution in [0, 0.1) is 0 Å². The van der Waals surface area contributed by atoms with Crippen molar-refractivity contribution in [2.45, 2.75) is 26.3 Å². The maximum Gasteiger partial charge on any atom is 0.239 e. The summed E-state index contributed by atoms with van der Waals surface area (Å²) in [6, 6.07) is 10.1. The van der Waals surface area contributed by atoms with Crippen molar-refractivity contribution in [1.29, 1.82) is 0 Å². The molecule has 0 saturated heterocycles. The van der Waals surface area contributed by atoms with Crippen LogP contribution in [-0.4, -0.2) is 71.7 Å². The standard InChI is InChI=1S/C21H31N7OS/c1-21(2,3)24-18-17(15-10-8-7-9-11-15)23-19-28(18)25-20(30-19)27(6)14-16(29)22-12-13-26(4)5/h7-11,24H,12-14H2,1-6H3,(H,22,29). The van der Waals surface area contributed by atoms with E-state index < -0.39 is 0 Å².